The van der Waals surface area contributed by atoms with Crippen molar-refractivity contribution in [1.29, 1.82) is 0 Å². The summed E-state index contributed by atoms with van der Waals surface area (Å²) < 4.78 is 0. The zero-order chi connectivity index (χ0) is 13.5. The van der Waals surface area contributed by atoms with Crippen LogP contribution in [0.15, 0.2) is 0 Å². The van der Waals surface area contributed by atoms with Gasteiger partial charge in [-0.2, -0.15) is 11.8 Å². The fourth-order valence-electron chi connectivity index (χ4n) is 2.16. The van der Waals surface area contributed by atoms with Gasteiger partial charge in [0.15, 0.2) is 0 Å². The van der Waals surface area contributed by atoms with E-state index in [1.807, 2.05) is 11.8 Å². The van der Waals surface area contributed by atoms with Gasteiger partial charge in [-0.1, -0.05) is 20.8 Å². The van der Waals surface area contributed by atoms with Crippen molar-refractivity contribution in [3.05, 3.63) is 0 Å². The van der Waals surface area contributed by atoms with E-state index in [0.29, 0.717) is 6.04 Å². The van der Waals surface area contributed by atoms with Crippen molar-refractivity contribution in [3.8, 4) is 0 Å². The van der Waals surface area contributed by atoms with E-state index in [1.165, 1.54) is 25.0 Å². The van der Waals surface area contributed by atoms with E-state index in [0.717, 1.165) is 12.5 Å². The Morgan fingerprint density at radius 1 is 1.35 bits per heavy atom. The molecule has 0 fully saturated rings. The fraction of sp³-hybridized carbons (Fsp3) is 1.00. The molecule has 0 radical (unpaired) electrons. The number of hydrogen-bond donors (Lipinski definition) is 1. The monoisotopic (exact) mass is 260 g/mol. The van der Waals surface area contributed by atoms with Crippen LogP contribution in [-0.4, -0.2) is 42.1 Å². The molecule has 2 N–H and O–H groups in total. The van der Waals surface area contributed by atoms with E-state index in [9.17, 15) is 0 Å². The Balaban J connectivity index is 4.57. The average molecular weight is 260 g/mol. The Labute approximate surface area is 113 Å². The average Bonchev–Trinajstić information content (AvgIpc) is 2.32. The molecule has 0 spiro atoms. The van der Waals surface area contributed by atoms with Crippen molar-refractivity contribution in [2.45, 2.75) is 58.5 Å². The molecule has 104 valence electrons. The predicted octanol–water partition coefficient (Wildman–Crippen LogP) is 3.21. The lowest BCUT2D eigenvalue weighted by molar-refractivity contribution is 0.0868. The third-order valence-corrected chi connectivity index (χ3v) is 4.65. The molecule has 0 amide bonds. The number of nitrogens with zero attached hydrogens (tertiary/aromatic N) is 1. The van der Waals surface area contributed by atoms with Crippen molar-refractivity contribution in [1.82, 2.24) is 4.90 Å². The first-order valence-corrected chi connectivity index (χ1v) is 8.22. The highest BCUT2D eigenvalue weighted by atomic mass is 32.2. The van der Waals surface area contributed by atoms with Gasteiger partial charge < -0.3 is 5.73 Å². The van der Waals surface area contributed by atoms with Gasteiger partial charge in [-0.25, -0.2) is 0 Å². The maximum Gasteiger partial charge on any atom is 0.0303 e. The summed E-state index contributed by atoms with van der Waals surface area (Å²) in [6, 6.07) is 0.644. The van der Waals surface area contributed by atoms with E-state index in [-0.39, 0.29) is 5.54 Å². The number of likely N-dealkylation sites (N-methyl/N-ethyl adjacent to an activating group) is 1. The Morgan fingerprint density at radius 2 is 1.94 bits per heavy atom. The normalized spacial score (nSPS) is 17.5. The first-order valence-electron chi connectivity index (χ1n) is 6.83. The van der Waals surface area contributed by atoms with E-state index in [4.69, 9.17) is 5.73 Å². The Hall–Kier alpha value is 0.270. The van der Waals surface area contributed by atoms with Crippen molar-refractivity contribution < 1.29 is 0 Å². The van der Waals surface area contributed by atoms with Crippen LogP contribution in [0.5, 0.6) is 0 Å². The molecule has 0 aliphatic carbocycles. The summed E-state index contributed by atoms with van der Waals surface area (Å²) in [7, 11) is 2.25. The fourth-order valence-corrected chi connectivity index (χ4v) is 3.00. The molecule has 2 unspecified atom stereocenters. The van der Waals surface area contributed by atoms with Crippen molar-refractivity contribution in [2.75, 3.05) is 25.6 Å². The minimum Gasteiger partial charge on any atom is -0.329 e. The summed E-state index contributed by atoms with van der Waals surface area (Å²) >= 11 is 1.93. The van der Waals surface area contributed by atoms with Gasteiger partial charge in [0, 0.05) is 23.9 Å². The topological polar surface area (TPSA) is 29.3 Å². The quantitative estimate of drug-likeness (QED) is 0.690. The summed E-state index contributed by atoms with van der Waals surface area (Å²) in [4.78, 5) is 2.52. The number of thioether (sulfide) groups is 1. The van der Waals surface area contributed by atoms with Gasteiger partial charge in [0.1, 0.15) is 0 Å². The molecule has 0 aliphatic rings. The molecule has 0 bridgehead atoms. The largest absolute Gasteiger partial charge is 0.329 e. The second kappa shape index (κ2) is 8.39. The van der Waals surface area contributed by atoms with Crippen LogP contribution in [0, 0.1) is 5.92 Å². The third kappa shape index (κ3) is 5.62. The molecule has 0 aliphatic heterocycles. The van der Waals surface area contributed by atoms with Crippen LogP contribution in [0.4, 0.5) is 0 Å². The van der Waals surface area contributed by atoms with E-state index in [2.05, 4.69) is 45.9 Å². The molecular weight excluding hydrogens is 228 g/mol. The molecule has 2 nitrogen and oxygen atoms in total. The predicted molar refractivity (Wildman–Crippen MR) is 81.8 cm³/mol. The molecule has 0 aromatic carbocycles. The van der Waals surface area contributed by atoms with Gasteiger partial charge in [0.2, 0.25) is 0 Å². The molecule has 0 saturated carbocycles. The molecule has 0 rings (SSSR count). The standard InChI is InChI=1S/C14H32N2S/c1-7-13(10-17-6)16(5)14(4,11-15)9-8-12(2)3/h12-13H,7-11,15H2,1-6H3. The van der Waals surface area contributed by atoms with Gasteiger partial charge >= 0.3 is 0 Å². The van der Waals surface area contributed by atoms with E-state index < -0.39 is 0 Å². The number of nitrogens with two attached hydrogens (primary N) is 1. The lowest BCUT2D eigenvalue weighted by atomic mass is 9.89. The highest BCUT2D eigenvalue weighted by Crippen LogP contribution is 2.25. The Kier molecular flexibility index (Phi) is 8.52. The molecule has 0 heterocycles. The summed E-state index contributed by atoms with van der Waals surface area (Å²) in [5.74, 6) is 1.96. The second-order valence-electron chi connectivity index (χ2n) is 5.76. The molecule has 3 heteroatoms. The third-order valence-electron chi connectivity index (χ3n) is 3.93. The Morgan fingerprint density at radius 3 is 2.29 bits per heavy atom. The van der Waals surface area contributed by atoms with Gasteiger partial charge in [0.05, 0.1) is 0 Å². The molecule has 0 aromatic rings. The highest BCUT2D eigenvalue weighted by Gasteiger charge is 2.31. The molecular formula is C14H32N2S. The van der Waals surface area contributed by atoms with Crippen LogP contribution in [0.1, 0.15) is 47.0 Å². The summed E-state index contributed by atoms with van der Waals surface area (Å²) in [6.45, 7) is 9.92. The smallest absolute Gasteiger partial charge is 0.0303 e. The molecule has 0 aromatic heterocycles. The maximum absolute atomic E-state index is 6.03. The van der Waals surface area contributed by atoms with Gasteiger partial charge in [-0.15, -0.1) is 0 Å². The molecule has 17 heavy (non-hydrogen) atoms. The van der Waals surface area contributed by atoms with Crippen molar-refractivity contribution >= 4 is 11.8 Å². The van der Waals surface area contributed by atoms with Gasteiger partial charge in [0.25, 0.3) is 0 Å². The molecule has 2 atom stereocenters. The van der Waals surface area contributed by atoms with E-state index >= 15 is 0 Å². The van der Waals surface area contributed by atoms with Crippen molar-refractivity contribution in [2.24, 2.45) is 11.7 Å². The van der Waals surface area contributed by atoms with Crippen LogP contribution >= 0.6 is 11.8 Å². The summed E-state index contributed by atoms with van der Waals surface area (Å²) in [6.07, 6.45) is 5.84. The van der Waals surface area contributed by atoms with Gasteiger partial charge in [-0.05, 0) is 45.4 Å². The first kappa shape index (κ1) is 17.3. The number of rotatable bonds is 9. The molecule has 0 saturated heterocycles. The summed E-state index contributed by atoms with van der Waals surface area (Å²) in [5.41, 5.74) is 6.19. The van der Waals surface area contributed by atoms with Crippen LogP contribution in [0.2, 0.25) is 0 Å². The van der Waals surface area contributed by atoms with Gasteiger partial charge in [-0.3, -0.25) is 4.90 Å². The lowest BCUT2D eigenvalue weighted by Crippen LogP contribution is -2.54. The Bertz CT molecular complexity index is 197. The first-order chi connectivity index (χ1) is 7.91. The number of hydrogen-bond acceptors (Lipinski definition) is 3. The summed E-state index contributed by atoms with van der Waals surface area (Å²) in [5, 5.41) is 0. The minimum absolute atomic E-state index is 0.153. The van der Waals surface area contributed by atoms with Crippen LogP contribution in [0.25, 0.3) is 0 Å². The minimum atomic E-state index is 0.153. The lowest BCUT2D eigenvalue weighted by Gasteiger charge is -2.43. The zero-order valence-corrected chi connectivity index (χ0v) is 13.4. The van der Waals surface area contributed by atoms with Crippen molar-refractivity contribution in [3.63, 3.8) is 0 Å². The maximum atomic E-state index is 6.03. The second-order valence-corrected chi connectivity index (χ2v) is 6.67. The SMILES string of the molecule is CCC(CSC)N(C)C(C)(CN)CCC(C)C. The van der Waals surface area contributed by atoms with Crippen LogP contribution < -0.4 is 5.73 Å². The zero-order valence-electron chi connectivity index (χ0n) is 12.6. The highest BCUT2D eigenvalue weighted by molar-refractivity contribution is 7.98. The van der Waals surface area contributed by atoms with Crippen LogP contribution in [0.3, 0.4) is 0 Å². The van der Waals surface area contributed by atoms with E-state index in [1.54, 1.807) is 0 Å². The van der Waals surface area contributed by atoms with Crippen LogP contribution in [-0.2, 0) is 0 Å².